The van der Waals surface area contributed by atoms with Crippen LogP contribution in [0.2, 0.25) is 0 Å². The first-order valence-electron chi connectivity index (χ1n) is 4.38. The number of rotatable bonds is 4. The fourth-order valence-electron chi connectivity index (χ4n) is 1.06. The lowest BCUT2D eigenvalue weighted by atomic mass is 10.2. The zero-order valence-corrected chi connectivity index (χ0v) is 9.41. The maximum atomic E-state index is 11.0. The standard InChI is InChI=1S/C9H12N2O4S/c1-6-2-3-8(16(13)14)7(4-6)15-5-9(12)11-10/h2-4H,5,10H2,1H3,(H,11,12)(H,13,14). The maximum Gasteiger partial charge on any atom is 0.271 e. The van der Waals surface area contributed by atoms with Gasteiger partial charge in [-0.25, -0.2) is 10.1 Å². The van der Waals surface area contributed by atoms with E-state index in [1.165, 1.54) is 6.07 Å². The number of hydrazine groups is 1. The molecule has 0 saturated carbocycles. The van der Waals surface area contributed by atoms with Crippen LogP contribution in [0.1, 0.15) is 5.56 Å². The Balaban J connectivity index is 2.88. The smallest absolute Gasteiger partial charge is 0.271 e. The minimum atomic E-state index is -2.15. The number of hydrogen-bond acceptors (Lipinski definition) is 4. The summed E-state index contributed by atoms with van der Waals surface area (Å²) in [5.74, 6) is 4.56. The van der Waals surface area contributed by atoms with E-state index < -0.39 is 17.0 Å². The molecule has 0 radical (unpaired) electrons. The van der Waals surface area contributed by atoms with Gasteiger partial charge < -0.3 is 9.29 Å². The van der Waals surface area contributed by atoms with E-state index in [9.17, 15) is 9.00 Å². The van der Waals surface area contributed by atoms with Crippen LogP contribution in [0, 0.1) is 6.92 Å². The van der Waals surface area contributed by atoms with Gasteiger partial charge in [0.15, 0.2) is 17.7 Å². The van der Waals surface area contributed by atoms with Gasteiger partial charge in [0.05, 0.1) is 0 Å². The first kappa shape index (κ1) is 12.6. The summed E-state index contributed by atoms with van der Waals surface area (Å²) in [4.78, 5) is 11.0. The van der Waals surface area contributed by atoms with Crippen LogP contribution in [0.5, 0.6) is 5.75 Å². The average molecular weight is 244 g/mol. The number of hydrogen-bond donors (Lipinski definition) is 3. The van der Waals surface area contributed by atoms with Crippen molar-refractivity contribution in [3.05, 3.63) is 23.8 Å². The Bertz CT molecular complexity index is 422. The molecule has 16 heavy (non-hydrogen) atoms. The highest BCUT2D eigenvalue weighted by Gasteiger charge is 2.10. The first-order chi connectivity index (χ1) is 7.54. The number of nitrogens with two attached hydrogens (primary N) is 1. The molecule has 1 unspecified atom stereocenters. The van der Waals surface area contributed by atoms with E-state index in [1.807, 2.05) is 5.43 Å². The SMILES string of the molecule is Cc1ccc(S(=O)O)c(OCC(=O)NN)c1. The van der Waals surface area contributed by atoms with Crippen LogP contribution in [-0.2, 0) is 15.9 Å². The van der Waals surface area contributed by atoms with Gasteiger partial charge in [0.2, 0.25) is 0 Å². The average Bonchev–Trinajstić information content (AvgIpc) is 2.25. The zero-order valence-electron chi connectivity index (χ0n) is 8.60. The molecular weight excluding hydrogens is 232 g/mol. The van der Waals surface area contributed by atoms with Gasteiger partial charge in [0, 0.05) is 0 Å². The molecule has 0 heterocycles. The molecule has 0 aliphatic rings. The highest BCUT2D eigenvalue weighted by molar-refractivity contribution is 7.79. The molecule has 0 aliphatic carbocycles. The van der Waals surface area contributed by atoms with Crippen molar-refractivity contribution in [1.29, 1.82) is 0 Å². The van der Waals surface area contributed by atoms with Gasteiger partial charge in [0.1, 0.15) is 10.6 Å². The molecule has 0 bridgehead atoms. The molecule has 88 valence electrons. The van der Waals surface area contributed by atoms with Crippen LogP contribution in [0.3, 0.4) is 0 Å². The van der Waals surface area contributed by atoms with Gasteiger partial charge >= 0.3 is 0 Å². The fraction of sp³-hybridized carbons (Fsp3) is 0.222. The molecule has 4 N–H and O–H groups in total. The van der Waals surface area contributed by atoms with Crippen LogP contribution in [-0.4, -0.2) is 21.3 Å². The molecule has 1 amide bonds. The van der Waals surface area contributed by atoms with Crippen molar-refractivity contribution < 1.29 is 18.3 Å². The summed E-state index contributed by atoms with van der Waals surface area (Å²) < 4.78 is 25.0. The second-order valence-corrected chi connectivity index (χ2v) is 3.99. The second-order valence-electron chi connectivity index (χ2n) is 3.06. The molecule has 0 aromatic heterocycles. The Labute approximate surface area is 95.0 Å². The molecule has 1 aromatic rings. The summed E-state index contributed by atoms with van der Waals surface area (Å²) in [6.07, 6.45) is 0. The topological polar surface area (TPSA) is 102 Å². The molecule has 1 rings (SSSR count). The van der Waals surface area contributed by atoms with E-state index in [0.717, 1.165) is 5.56 Å². The van der Waals surface area contributed by atoms with E-state index in [-0.39, 0.29) is 17.3 Å². The third-order valence-electron chi connectivity index (χ3n) is 1.81. The van der Waals surface area contributed by atoms with Gasteiger partial charge in [-0.1, -0.05) is 6.07 Å². The summed E-state index contributed by atoms with van der Waals surface area (Å²) in [5.41, 5.74) is 2.75. The Morgan fingerprint density at radius 1 is 1.62 bits per heavy atom. The van der Waals surface area contributed by atoms with Crippen molar-refractivity contribution >= 4 is 17.0 Å². The van der Waals surface area contributed by atoms with Gasteiger partial charge in [-0.15, -0.1) is 0 Å². The van der Waals surface area contributed by atoms with Crippen LogP contribution >= 0.6 is 0 Å². The molecule has 0 spiro atoms. The quantitative estimate of drug-likeness (QED) is 0.298. The van der Waals surface area contributed by atoms with Crippen molar-refractivity contribution in [2.24, 2.45) is 5.84 Å². The van der Waals surface area contributed by atoms with E-state index >= 15 is 0 Å². The highest BCUT2D eigenvalue weighted by atomic mass is 32.2. The summed E-state index contributed by atoms with van der Waals surface area (Å²) >= 11 is -2.15. The van der Waals surface area contributed by atoms with Crippen LogP contribution < -0.4 is 16.0 Å². The van der Waals surface area contributed by atoms with E-state index in [1.54, 1.807) is 19.1 Å². The van der Waals surface area contributed by atoms with Crippen molar-refractivity contribution in [1.82, 2.24) is 5.43 Å². The van der Waals surface area contributed by atoms with Crippen molar-refractivity contribution in [2.75, 3.05) is 6.61 Å². The molecule has 0 aliphatic heterocycles. The molecule has 0 fully saturated rings. The van der Waals surface area contributed by atoms with Crippen molar-refractivity contribution in [2.45, 2.75) is 11.8 Å². The third kappa shape index (κ3) is 3.30. The summed E-state index contributed by atoms with van der Waals surface area (Å²) in [5, 5.41) is 0. The Kier molecular flexibility index (Phi) is 4.41. The van der Waals surface area contributed by atoms with Crippen LogP contribution in [0.25, 0.3) is 0 Å². The summed E-state index contributed by atoms with van der Waals surface area (Å²) in [6, 6.07) is 4.73. The minimum Gasteiger partial charge on any atom is -0.482 e. The van der Waals surface area contributed by atoms with Crippen LogP contribution in [0.4, 0.5) is 0 Å². The lowest BCUT2D eigenvalue weighted by molar-refractivity contribution is -0.123. The van der Waals surface area contributed by atoms with Gasteiger partial charge in [-0.3, -0.25) is 10.2 Å². The molecule has 1 aromatic carbocycles. The van der Waals surface area contributed by atoms with Gasteiger partial charge in [0.25, 0.3) is 5.91 Å². The summed E-state index contributed by atoms with van der Waals surface area (Å²) in [7, 11) is 0. The molecule has 7 heteroatoms. The molecule has 6 nitrogen and oxygen atoms in total. The first-order valence-corrected chi connectivity index (χ1v) is 5.49. The third-order valence-corrected chi connectivity index (χ3v) is 2.52. The Hall–Kier alpha value is -1.44. The van der Waals surface area contributed by atoms with Crippen molar-refractivity contribution in [3.8, 4) is 5.75 Å². The molecular formula is C9H12N2O4S. The monoisotopic (exact) mass is 244 g/mol. The highest BCUT2D eigenvalue weighted by Crippen LogP contribution is 2.22. The maximum absolute atomic E-state index is 11.0. The van der Waals surface area contributed by atoms with E-state index in [2.05, 4.69) is 0 Å². The number of ether oxygens (including phenoxy) is 1. The number of nitrogens with one attached hydrogen (secondary N) is 1. The van der Waals surface area contributed by atoms with E-state index in [0.29, 0.717) is 0 Å². The largest absolute Gasteiger partial charge is 0.482 e. The lowest BCUT2D eigenvalue weighted by Gasteiger charge is -2.09. The van der Waals surface area contributed by atoms with Gasteiger partial charge in [-0.2, -0.15) is 0 Å². The van der Waals surface area contributed by atoms with Crippen LogP contribution in [0.15, 0.2) is 23.1 Å². The normalized spacial score (nSPS) is 11.9. The minimum absolute atomic E-state index is 0.121. The Morgan fingerprint density at radius 2 is 2.31 bits per heavy atom. The number of amides is 1. The number of aryl methyl sites for hydroxylation is 1. The predicted molar refractivity (Wildman–Crippen MR) is 58.0 cm³/mol. The van der Waals surface area contributed by atoms with Gasteiger partial charge in [-0.05, 0) is 24.6 Å². The molecule has 1 atom stereocenters. The number of carbonyl (C=O) groups excluding carboxylic acids is 1. The Morgan fingerprint density at radius 3 is 2.88 bits per heavy atom. The zero-order chi connectivity index (χ0) is 12.1. The number of carbonyl (C=O) groups is 1. The van der Waals surface area contributed by atoms with Crippen molar-refractivity contribution in [3.63, 3.8) is 0 Å². The van der Waals surface area contributed by atoms with E-state index in [4.69, 9.17) is 15.1 Å². The lowest BCUT2D eigenvalue weighted by Crippen LogP contribution is -2.34. The summed E-state index contributed by atoms with van der Waals surface area (Å²) in [6.45, 7) is 1.50. The second kappa shape index (κ2) is 5.59. The molecule has 0 saturated heterocycles. The fourth-order valence-corrected chi connectivity index (χ4v) is 1.53. The number of benzene rings is 1. The predicted octanol–water partition coefficient (Wildman–Crippen LogP) is -0.0557.